The largest absolute Gasteiger partial charge is 0.508 e. The zero-order valence-electron chi connectivity index (χ0n) is 69.0. The van der Waals surface area contributed by atoms with Crippen LogP contribution in [0.2, 0.25) is 0 Å². The maximum Gasteiger partial charge on any atom is 0.256 e. The Bertz CT molecular complexity index is 6930. The van der Waals surface area contributed by atoms with Gasteiger partial charge in [-0.25, -0.2) is 61.8 Å². The van der Waals surface area contributed by atoms with E-state index in [1.54, 1.807) is 60.7 Å². The van der Waals surface area contributed by atoms with Crippen LogP contribution >= 0.6 is 0 Å². The second-order valence-electron chi connectivity index (χ2n) is 31.3. The number of fused-ring (bicyclic) bond motifs is 12. The van der Waals surface area contributed by atoms with Crippen LogP contribution in [0.5, 0.6) is 23.0 Å². The molecule has 4 aliphatic rings. The van der Waals surface area contributed by atoms with Crippen molar-refractivity contribution in [3.8, 4) is 68.0 Å². The van der Waals surface area contributed by atoms with E-state index in [0.717, 1.165) is 123 Å². The van der Waals surface area contributed by atoms with Gasteiger partial charge in [0, 0.05) is 91.2 Å². The van der Waals surface area contributed by atoms with Gasteiger partial charge in [-0.1, -0.05) is 200 Å². The number of nitrogens with one attached hydrogen (secondary N) is 4. The Labute approximate surface area is 737 Å². The fraction of sp³-hybridized carbons (Fsp3) is 0.115. The average molecular weight is 1720 g/mol. The molecule has 4 amide bonds. The Morgan fingerprint density at radius 1 is 0.279 bits per heavy atom. The summed E-state index contributed by atoms with van der Waals surface area (Å²) in [4.78, 5) is 89.3. The lowest BCUT2D eigenvalue weighted by atomic mass is 10.1. The van der Waals surface area contributed by atoms with Gasteiger partial charge in [-0.05, 0) is 147 Å². The van der Waals surface area contributed by atoms with Gasteiger partial charge in [0.25, 0.3) is 5.91 Å². The van der Waals surface area contributed by atoms with Crippen molar-refractivity contribution in [1.29, 1.82) is 0 Å². The van der Waals surface area contributed by atoms with E-state index in [1.165, 1.54) is 6.07 Å². The summed E-state index contributed by atoms with van der Waals surface area (Å²) < 4.78 is 68.6. The van der Waals surface area contributed by atoms with Gasteiger partial charge in [0.15, 0.2) is 46.5 Å². The van der Waals surface area contributed by atoms with Crippen LogP contribution in [0.15, 0.2) is 285 Å². The van der Waals surface area contributed by atoms with Crippen molar-refractivity contribution >= 4 is 46.9 Å². The quantitative estimate of drug-likeness (QED) is 0.0200. The maximum atomic E-state index is 14.1. The van der Waals surface area contributed by atoms with E-state index in [4.69, 9.17) is 29.9 Å². The highest BCUT2D eigenvalue weighted by molar-refractivity contribution is 6.04. The number of anilines is 4. The summed E-state index contributed by atoms with van der Waals surface area (Å²) in [6, 6.07) is 88.6. The van der Waals surface area contributed by atoms with E-state index in [2.05, 4.69) is 31.2 Å². The summed E-state index contributed by atoms with van der Waals surface area (Å²) in [5.41, 5.74) is 21.5. The minimum absolute atomic E-state index is 0.00324. The molecule has 0 saturated heterocycles. The third-order valence-corrected chi connectivity index (χ3v) is 22.2. The molecule has 0 aliphatic heterocycles. The van der Waals surface area contributed by atoms with Gasteiger partial charge >= 0.3 is 0 Å². The predicted octanol–water partition coefficient (Wildman–Crippen LogP) is 19.3. The normalized spacial score (nSPS) is 11.7. The van der Waals surface area contributed by atoms with Crippen molar-refractivity contribution in [3.05, 3.63) is 427 Å². The molecule has 4 aliphatic carbocycles. The molecule has 0 saturated carbocycles. The van der Waals surface area contributed by atoms with E-state index in [1.807, 2.05) is 218 Å². The number of halogens is 5. The van der Waals surface area contributed by atoms with E-state index >= 15 is 0 Å². The van der Waals surface area contributed by atoms with Crippen LogP contribution in [0.25, 0.3) is 45.0 Å². The summed E-state index contributed by atoms with van der Waals surface area (Å²) in [6.45, 7) is 0. The lowest BCUT2D eigenvalue weighted by Gasteiger charge is -2.13. The van der Waals surface area contributed by atoms with Gasteiger partial charge in [0.2, 0.25) is 23.5 Å². The van der Waals surface area contributed by atoms with Crippen LogP contribution < -0.4 is 21.3 Å². The number of phenolic OH excluding ortho intramolecular Hbond substituents is 4. The Kier molecular flexibility index (Phi) is 25.0. The summed E-state index contributed by atoms with van der Waals surface area (Å²) >= 11 is 0. The molecule has 12 aromatic carbocycles. The third kappa shape index (κ3) is 19.8. The zero-order chi connectivity index (χ0) is 89.2. The number of amides is 4. The van der Waals surface area contributed by atoms with Crippen LogP contribution in [0.1, 0.15) is 124 Å². The monoisotopic (exact) mass is 1720 g/mol. The Balaban J connectivity index is 0.000000121. The Morgan fingerprint density at radius 3 is 0.860 bits per heavy atom. The molecule has 8 N–H and O–H groups in total. The van der Waals surface area contributed by atoms with Gasteiger partial charge in [0.1, 0.15) is 23.0 Å². The number of nitrogens with zero attached hydrogens (tertiary/aromatic N) is 8. The summed E-state index contributed by atoms with van der Waals surface area (Å²) in [7, 11) is 0. The number of hydrogen-bond donors (Lipinski definition) is 8. The molecule has 0 radical (unpaired) electrons. The van der Waals surface area contributed by atoms with Crippen molar-refractivity contribution in [2.45, 2.75) is 77.0 Å². The minimum atomic E-state index is -2.30. The molecule has 4 aromatic heterocycles. The number of phenols is 4. The highest BCUT2D eigenvalue weighted by Crippen LogP contribution is 2.43. The zero-order valence-corrected chi connectivity index (χ0v) is 69.0. The van der Waals surface area contributed by atoms with Crippen LogP contribution in [-0.4, -0.2) is 83.9 Å². The van der Waals surface area contributed by atoms with Crippen molar-refractivity contribution in [2.24, 2.45) is 0 Å². The number of carbonyl (C=O) groups is 4. The highest BCUT2D eigenvalue weighted by Gasteiger charge is 2.33. The van der Waals surface area contributed by atoms with Crippen LogP contribution in [0.3, 0.4) is 0 Å². The van der Waals surface area contributed by atoms with Crippen molar-refractivity contribution < 1.29 is 61.6 Å². The molecule has 4 heterocycles. The van der Waals surface area contributed by atoms with Crippen LogP contribution in [-0.2, 0) is 85.0 Å². The molecule has 129 heavy (non-hydrogen) atoms. The maximum absolute atomic E-state index is 14.1. The molecule has 0 bridgehead atoms. The number of aromatic nitrogens is 8. The van der Waals surface area contributed by atoms with Gasteiger partial charge in [-0.15, -0.1) is 0 Å². The third-order valence-electron chi connectivity index (χ3n) is 22.2. The van der Waals surface area contributed by atoms with E-state index in [0.29, 0.717) is 104 Å². The van der Waals surface area contributed by atoms with E-state index < -0.39 is 47.0 Å². The van der Waals surface area contributed by atoms with Crippen molar-refractivity contribution in [1.82, 2.24) is 39.9 Å². The molecule has 0 unspecified atom stereocenters. The van der Waals surface area contributed by atoms with E-state index in [9.17, 15) is 61.6 Å². The molecular formula is C104H79F5N12O8. The first kappa shape index (κ1) is 84.9. The molecule has 0 fully saturated rings. The molecule has 20 nitrogen and oxygen atoms in total. The highest BCUT2D eigenvalue weighted by atomic mass is 19.2. The molecule has 16 aromatic rings. The molecule has 25 heteroatoms. The average Bonchev–Trinajstić information content (AvgIpc) is 1.19. The van der Waals surface area contributed by atoms with Gasteiger partial charge in [0.05, 0.1) is 81.2 Å². The second kappa shape index (κ2) is 38.0. The molecule has 638 valence electrons. The SMILES string of the molecule is O=C(CCc1ccccc1)Nc1nc2c(nc1Cc1ccccc1)-c1ccc(O)cc1C2.O=C(Cc1c(F)c(F)c(F)c(F)c1F)Nc1nc2c(nc1Cc1ccccc1)-c1ccc(O)cc1C2.O=C(Cc1ccccc1)Nc1nc2c(nc1Cc1ccccc1)-c1ccc(O)cc1C2.O=C(Nc1nc2c(nc1Cc1ccccc1)-c1ccc(O)cc1C2)c1ccccc1. The topological polar surface area (TPSA) is 300 Å². The summed E-state index contributed by atoms with van der Waals surface area (Å²) in [5.74, 6) is -9.88. The molecule has 0 spiro atoms. The van der Waals surface area contributed by atoms with Gasteiger partial charge in [-0.2, -0.15) is 0 Å². The first-order valence-corrected chi connectivity index (χ1v) is 41.6. The number of aryl methyl sites for hydroxylation is 1. The van der Waals surface area contributed by atoms with Crippen LogP contribution in [0, 0.1) is 29.1 Å². The smallest absolute Gasteiger partial charge is 0.256 e. The number of rotatable bonds is 20. The lowest BCUT2D eigenvalue weighted by molar-refractivity contribution is -0.116. The number of benzene rings is 12. The molecule has 20 rings (SSSR count). The van der Waals surface area contributed by atoms with Crippen molar-refractivity contribution in [2.75, 3.05) is 21.3 Å². The second-order valence-corrected chi connectivity index (χ2v) is 31.3. The lowest BCUT2D eigenvalue weighted by Crippen LogP contribution is -2.21. The first-order valence-electron chi connectivity index (χ1n) is 41.6. The minimum Gasteiger partial charge on any atom is -0.508 e. The fourth-order valence-corrected chi connectivity index (χ4v) is 15.9. The standard InChI is InChI=1S/C27H23N3O2.C26H16F5N3O2.C26H21N3O2.C25H19N3O2/c31-21-12-13-22-20(16-21)17-23-26(22)28-24(15-19-9-5-2-6-10-19)27(29-23)30-25(32)14-11-18-7-3-1-4-8-18;27-20-16(21(28)23(30)24(31)22(20)29)11-19(36)34-26-18(8-12-4-2-1-3-5-12)32-25-15-7-6-14(35)9-13(15)10-17(25)33-26;30-20-11-12-21-19(15-20)16-22-25(21)27-23(13-17-7-3-1-4-8-17)26(28-22)29-24(31)14-18-9-5-2-6-10-18;29-19-11-12-20-18(14-19)15-21-23(20)26-22(13-16-7-3-1-4-8-16)24(27-21)28-25(30)17-9-5-2-6-10-17/h1-10,12-13,16,31H,11,14-15,17H2,(H,29,30,32);1-7,9,35H,8,10-11H2,(H,33,34,36);1-12,15,30H,13-14,16H2,(H,28,29,31);1-12,14,29H,13,15H2,(H,27,28,30). The fourth-order valence-electron chi connectivity index (χ4n) is 15.9. The molecule has 0 atom stereocenters. The van der Waals surface area contributed by atoms with Crippen LogP contribution in [0.4, 0.5) is 45.2 Å². The van der Waals surface area contributed by atoms with Gasteiger partial charge in [-0.3, -0.25) is 19.2 Å². The summed E-state index contributed by atoms with van der Waals surface area (Å²) in [6.07, 6.45) is 4.21. The predicted molar refractivity (Wildman–Crippen MR) is 480 cm³/mol. The van der Waals surface area contributed by atoms with Gasteiger partial charge < -0.3 is 41.7 Å². The first-order chi connectivity index (χ1) is 62.7. The number of aromatic hydroxyl groups is 4. The molecular weight excluding hydrogens is 1640 g/mol. The van der Waals surface area contributed by atoms with Crippen molar-refractivity contribution in [3.63, 3.8) is 0 Å². The van der Waals surface area contributed by atoms with E-state index in [-0.39, 0.29) is 59.4 Å². The number of carbonyl (C=O) groups excluding carboxylic acids is 4. The Hall–Kier alpha value is -16.3. The summed E-state index contributed by atoms with van der Waals surface area (Å²) in [5, 5.41) is 50.7. The number of hydrogen-bond acceptors (Lipinski definition) is 16. The Morgan fingerprint density at radius 2 is 0.543 bits per heavy atom.